The molecule has 1 atom stereocenters. The second-order valence-corrected chi connectivity index (χ2v) is 8.42. The molecule has 0 bridgehead atoms. The minimum atomic E-state index is -3.60. The van der Waals surface area contributed by atoms with Gasteiger partial charge in [0.1, 0.15) is 5.75 Å². The standard InChI is InChI=1S/C20H24ClO5P/c1-4-25-27(23,26-5-2)20(17-8-6-7-9-19(17)24-3)14-18(22)15-10-12-16(21)13-11-15/h6-13,20H,4-5,14H2,1-3H3/t20-/m0/s1. The van der Waals surface area contributed by atoms with Crippen molar-refractivity contribution in [3.8, 4) is 5.75 Å². The molecule has 0 heterocycles. The molecular weight excluding hydrogens is 387 g/mol. The van der Waals surface area contributed by atoms with Crippen molar-refractivity contribution in [3.05, 3.63) is 64.7 Å². The maximum Gasteiger partial charge on any atom is 0.338 e. The van der Waals surface area contributed by atoms with Gasteiger partial charge in [0.15, 0.2) is 5.78 Å². The highest BCUT2D eigenvalue weighted by Gasteiger charge is 2.40. The van der Waals surface area contributed by atoms with Gasteiger partial charge in [0, 0.05) is 22.6 Å². The molecule has 0 saturated carbocycles. The van der Waals surface area contributed by atoms with E-state index < -0.39 is 13.3 Å². The minimum absolute atomic E-state index is 0.0424. The summed E-state index contributed by atoms with van der Waals surface area (Å²) in [7, 11) is -2.07. The van der Waals surface area contributed by atoms with Gasteiger partial charge < -0.3 is 13.8 Å². The Morgan fingerprint density at radius 2 is 1.63 bits per heavy atom. The Morgan fingerprint density at radius 1 is 1.04 bits per heavy atom. The summed E-state index contributed by atoms with van der Waals surface area (Å²) < 4.78 is 30.0. The predicted molar refractivity (Wildman–Crippen MR) is 107 cm³/mol. The lowest BCUT2D eigenvalue weighted by atomic mass is 10.0. The zero-order valence-electron chi connectivity index (χ0n) is 15.7. The summed E-state index contributed by atoms with van der Waals surface area (Å²) in [4.78, 5) is 12.9. The number of hydrogen-bond donors (Lipinski definition) is 0. The minimum Gasteiger partial charge on any atom is -0.496 e. The van der Waals surface area contributed by atoms with Crippen LogP contribution in [0, 0.1) is 0 Å². The van der Waals surface area contributed by atoms with E-state index in [-0.39, 0.29) is 25.4 Å². The Bertz CT molecular complexity index is 796. The van der Waals surface area contributed by atoms with Crippen molar-refractivity contribution in [2.75, 3.05) is 20.3 Å². The SMILES string of the molecule is CCOP(=O)(OCC)[C@@H](CC(=O)c1ccc(Cl)cc1)c1ccccc1OC. The normalized spacial score (nSPS) is 12.6. The first-order valence-corrected chi connectivity index (χ1v) is 10.7. The van der Waals surface area contributed by atoms with E-state index in [1.807, 2.05) is 6.07 Å². The largest absolute Gasteiger partial charge is 0.496 e. The van der Waals surface area contributed by atoms with Crippen molar-refractivity contribution >= 4 is 25.0 Å². The molecule has 0 N–H and O–H groups in total. The summed E-state index contributed by atoms with van der Waals surface area (Å²) in [6, 6.07) is 13.8. The van der Waals surface area contributed by atoms with Gasteiger partial charge in [-0.3, -0.25) is 9.36 Å². The molecule has 0 aromatic heterocycles. The van der Waals surface area contributed by atoms with Gasteiger partial charge in [-0.25, -0.2) is 0 Å². The zero-order chi connectivity index (χ0) is 19.9. The van der Waals surface area contributed by atoms with Crippen molar-refractivity contribution in [1.29, 1.82) is 0 Å². The topological polar surface area (TPSA) is 61.8 Å². The van der Waals surface area contributed by atoms with E-state index in [0.717, 1.165) is 0 Å². The molecule has 2 rings (SSSR count). The van der Waals surface area contributed by atoms with E-state index in [9.17, 15) is 9.36 Å². The first kappa shape index (κ1) is 21.6. The molecule has 27 heavy (non-hydrogen) atoms. The number of rotatable bonds is 10. The van der Waals surface area contributed by atoms with Gasteiger partial charge in [0.25, 0.3) is 0 Å². The molecule has 0 spiro atoms. The highest BCUT2D eigenvalue weighted by Crippen LogP contribution is 2.63. The summed E-state index contributed by atoms with van der Waals surface area (Å²) in [5.74, 6) is 0.355. The number of para-hydroxylation sites is 1. The third-order valence-corrected chi connectivity index (χ3v) is 6.76. The van der Waals surface area contributed by atoms with Crippen LogP contribution in [-0.2, 0) is 13.6 Å². The lowest BCUT2D eigenvalue weighted by molar-refractivity contribution is 0.0973. The van der Waals surface area contributed by atoms with Crippen molar-refractivity contribution in [1.82, 2.24) is 0 Å². The average Bonchev–Trinajstić information content (AvgIpc) is 2.66. The molecule has 146 valence electrons. The maximum absolute atomic E-state index is 13.5. The van der Waals surface area contributed by atoms with E-state index in [1.54, 1.807) is 56.3 Å². The number of carbonyl (C=O) groups excluding carboxylic acids is 1. The highest BCUT2D eigenvalue weighted by molar-refractivity contribution is 7.54. The van der Waals surface area contributed by atoms with E-state index >= 15 is 0 Å². The second kappa shape index (κ2) is 10.0. The molecule has 0 aliphatic rings. The summed E-state index contributed by atoms with van der Waals surface area (Å²) in [5, 5.41) is 0.544. The number of ether oxygens (including phenoxy) is 1. The highest BCUT2D eigenvalue weighted by atomic mass is 35.5. The van der Waals surface area contributed by atoms with Crippen molar-refractivity contribution in [2.24, 2.45) is 0 Å². The van der Waals surface area contributed by atoms with E-state index in [1.165, 1.54) is 7.11 Å². The maximum atomic E-state index is 13.5. The number of ketones is 1. The molecular formula is C20H24ClO5P. The van der Waals surface area contributed by atoms with Gasteiger partial charge in [-0.05, 0) is 44.2 Å². The lowest BCUT2D eigenvalue weighted by Gasteiger charge is -2.27. The molecule has 0 fully saturated rings. The van der Waals surface area contributed by atoms with Gasteiger partial charge in [-0.15, -0.1) is 0 Å². The van der Waals surface area contributed by atoms with Crippen molar-refractivity contribution in [3.63, 3.8) is 0 Å². The smallest absolute Gasteiger partial charge is 0.338 e. The lowest BCUT2D eigenvalue weighted by Crippen LogP contribution is -2.13. The van der Waals surface area contributed by atoms with Crippen molar-refractivity contribution < 1.29 is 23.1 Å². The molecule has 0 saturated heterocycles. The summed E-state index contributed by atoms with van der Waals surface area (Å²) in [5.41, 5.74) is 0.322. The number of carbonyl (C=O) groups is 1. The molecule has 2 aromatic rings. The Morgan fingerprint density at radius 3 is 2.19 bits per heavy atom. The van der Waals surface area contributed by atoms with Crippen LogP contribution >= 0.6 is 19.2 Å². The fourth-order valence-electron chi connectivity index (χ4n) is 2.84. The van der Waals surface area contributed by atoms with Gasteiger partial charge >= 0.3 is 7.60 Å². The molecule has 5 nitrogen and oxygen atoms in total. The molecule has 0 aliphatic heterocycles. The first-order chi connectivity index (χ1) is 12.9. The van der Waals surface area contributed by atoms with E-state index in [0.29, 0.717) is 21.9 Å². The molecule has 0 unspecified atom stereocenters. The van der Waals surface area contributed by atoms with E-state index in [2.05, 4.69) is 0 Å². The van der Waals surface area contributed by atoms with Gasteiger partial charge in [-0.2, -0.15) is 0 Å². The number of halogens is 1. The molecule has 7 heteroatoms. The van der Waals surface area contributed by atoms with Crippen LogP contribution in [0.4, 0.5) is 0 Å². The first-order valence-electron chi connectivity index (χ1n) is 8.75. The van der Waals surface area contributed by atoms with Gasteiger partial charge in [-0.1, -0.05) is 29.8 Å². The Hall–Kier alpha value is -1.65. The molecule has 0 aliphatic carbocycles. The number of methoxy groups -OCH3 is 1. The predicted octanol–water partition coefficient (Wildman–Crippen LogP) is 5.93. The Kier molecular flexibility index (Phi) is 8.06. The summed E-state index contributed by atoms with van der Waals surface area (Å²) >= 11 is 5.90. The fourth-order valence-corrected chi connectivity index (χ4v) is 5.06. The van der Waals surface area contributed by atoms with Gasteiger partial charge in [0.05, 0.1) is 26.0 Å². The van der Waals surface area contributed by atoms with E-state index in [4.69, 9.17) is 25.4 Å². The molecule has 0 radical (unpaired) electrons. The van der Waals surface area contributed by atoms with Crippen LogP contribution < -0.4 is 4.74 Å². The average molecular weight is 411 g/mol. The number of hydrogen-bond acceptors (Lipinski definition) is 5. The fraction of sp³-hybridized carbons (Fsp3) is 0.350. The third kappa shape index (κ3) is 5.43. The Balaban J connectivity index is 2.47. The quantitative estimate of drug-likeness (QED) is 0.359. The summed E-state index contributed by atoms with van der Waals surface area (Å²) in [6.45, 7) is 3.90. The van der Waals surface area contributed by atoms with Crippen LogP contribution in [0.25, 0.3) is 0 Å². The number of Topliss-reactive ketones (excluding diaryl/α,β-unsaturated/α-hetero) is 1. The zero-order valence-corrected chi connectivity index (χ0v) is 17.3. The summed E-state index contributed by atoms with van der Waals surface area (Å²) in [6.07, 6.45) is -0.0424. The van der Waals surface area contributed by atoms with Crippen molar-refractivity contribution in [2.45, 2.75) is 25.9 Å². The monoisotopic (exact) mass is 410 g/mol. The van der Waals surface area contributed by atoms with Crippen LogP contribution in [0.2, 0.25) is 5.02 Å². The molecule has 0 amide bonds. The van der Waals surface area contributed by atoms with Gasteiger partial charge in [0.2, 0.25) is 0 Å². The van der Waals surface area contributed by atoms with Crippen LogP contribution in [0.15, 0.2) is 48.5 Å². The Labute approximate surface area is 165 Å². The molecule has 2 aromatic carbocycles. The van der Waals surface area contributed by atoms with Crippen LogP contribution in [0.3, 0.4) is 0 Å². The van der Waals surface area contributed by atoms with Crippen LogP contribution in [-0.4, -0.2) is 26.1 Å². The second-order valence-electron chi connectivity index (χ2n) is 5.77. The number of benzene rings is 2. The van der Waals surface area contributed by atoms with Crippen LogP contribution in [0.1, 0.15) is 41.8 Å². The van der Waals surface area contributed by atoms with Crippen LogP contribution in [0.5, 0.6) is 5.75 Å². The third-order valence-electron chi connectivity index (χ3n) is 4.04.